The molecule has 3 aromatic rings. The number of rotatable bonds is 7. The summed E-state index contributed by atoms with van der Waals surface area (Å²) in [7, 11) is 1.61. The van der Waals surface area contributed by atoms with Crippen LogP contribution in [-0.2, 0) is 4.79 Å². The minimum Gasteiger partial charge on any atom is -0.497 e. The van der Waals surface area contributed by atoms with E-state index in [4.69, 9.17) is 4.74 Å². The first-order valence-electron chi connectivity index (χ1n) is 8.74. The molecule has 3 rings (SSSR count). The van der Waals surface area contributed by atoms with Crippen molar-refractivity contribution in [3.8, 4) is 5.75 Å². The Morgan fingerprint density at radius 2 is 1.89 bits per heavy atom. The Kier molecular flexibility index (Phi) is 6.53. The van der Waals surface area contributed by atoms with Crippen LogP contribution in [0.25, 0.3) is 0 Å². The zero-order valence-electron chi connectivity index (χ0n) is 16.1. The van der Waals surface area contributed by atoms with Crippen molar-refractivity contribution >= 4 is 45.5 Å². The van der Waals surface area contributed by atoms with Crippen LogP contribution in [0.3, 0.4) is 0 Å². The molecular formula is C20H22N4O2S2. The molecule has 0 spiro atoms. The van der Waals surface area contributed by atoms with Crippen LogP contribution in [0.15, 0.2) is 46.8 Å². The highest BCUT2D eigenvalue weighted by molar-refractivity contribution is 8.02. The fraction of sp³-hybridized carbons (Fsp3) is 0.250. The van der Waals surface area contributed by atoms with Crippen LogP contribution in [0.1, 0.15) is 18.1 Å². The molecule has 2 aromatic carbocycles. The van der Waals surface area contributed by atoms with Gasteiger partial charge in [-0.3, -0.25) is 4.79 Å². The van der Waals surface area contributed by atoms with Crippen molar-refractivity contribution in [2.75, 3.05) is 17.7 Å². The van der Waals surface area contributed by atoms with E-state index in [0.717, 1.165) is 21.5 Å². The first-order chi connectivity index (χ1) is 13.5. The molecule has 0 aliphatic carbocycles. The van der Waals surface area contributed by atoms with Gasteiger partial charge in [-0.1, -0.05) is 35.2 Å². The largest absolute Gasteiger partial charge is 0.497 e. The number of carbonyl (C=O) groups excluding carboxylic acids is 1. The Morgan fingerprint density at radius 1 is 1.14 bits per heavy atom. The van der Waals surface area contributed by atoms with Crippen molar-refractivity contribution in [3.05, 3.63) is 53.6 Å². The molecule has 0 fully saturated rings. The molecular weight excluding hydrogens is 392 g/mol. The molecule has 1 aromatic heterocycles. The third-order valence-corrected chi connectivity index (χ3v) is 6.28. The number of anilines is 3. The topological polar surface area (TPSA) is 76.1 Å². The second-order valence-electron chi connectivity index (χ2n) is 6.22. The van der Waals surface area contributed by atoms with Crippen LogP contribution in [0.4, 0.5) is 16.5 Å². The molecule has 0 saturated heterocycles. The van der Waals surface area contributed by atoms with Crippen LogP contribution in [-0.4, -0.2) is 28.5 Å². The molecule has 0 bridgehead atoms. The van der Waals surface area contributed by atoms with Gasteiger partial charge in [0.15, 0.2) is 4.34 Å². The molecule has 0 aliphatic heterocycles. The van der Waals surface area contributed by atoms with Gasteiger partial charge in [0.05, 0.1) is 12.4 Å². The van der Waals surface area contributed by atoms with Gasteiger partial charge < -0.3 is 15.4 Å². The zero-order chi connectivity index (χ0) is 20.1. The third kappa shape index (κ3) is 5.02. The van der Waals surface area contributed by atoms with Crippen molar-refractivity contribution in [3.63, 3.8) is 0 Å². The highest BCUT2D eigenvalue weighted by atomic mass is 32.2. The summed E-state index contributed by atoms with van der Waals surface area (Å²) in [5.74, 6) is 0.660. The van der Waals surface area contributed by atoms with Gasteiger partial charge >= 0.3 is 0 Å². The van der Waals surface area contributed by atoms with E-state index in [1.807, 2.05) is 43.3 Å². The van der Waals surface area contributed by atoms with E-state index in [-0.39, 0.29) is 11.2 Å². The number of amides is 1. The first kappa shape index (κ1) is 20.2. The summed E-state index contributed by atoms with van der Waals surface area (Å²) in [5.41, 5.74) is 4.14. The summed E-state index contributed by atoms with van der Waals surface area (Å²) in [6.07, 6.45) is 0. The molecule has 6 nitrogen and oxygen atoms in total. The molecule has 1 heterocycles. The van der Waals surface area contributed by atoms with Gasteiger partial charge in [0.1, 0.15) is 5.75 Å². The van der Waals surface area contributed by atoms with Crippen LogP contribution in [0.2, 0.25) is 0 Å². The van der Waals surface area contributed by atoms with Gasteiger partial charge in [0.2, 0.25) is 11.0 Å². The fourth-order valence-electron chi connectivity index (χ4n) is 2.43. The van der Waals surface area contributed by atoms with Crippen molar-refractivity contribution in [1.82, 2.24) is 10.2 Å². The second kappa shape index (κ2) is 9.07. The van der Waals surface area contributed by atoms with E-state index in [2.05, 4.69) is 40.7 Å². The molecule has 2 N–H and O–H groups in total. The number of hydrogen-bond acceptors (Lipinski definition) is 7. The minimum absolute atomic E-state index is 0.0885. The molecule has 0 saturated carbocycles. The quantitative estimate of drug-likeness (QED) is 0.528. The Bertz CT molecular complexity index is 957. The monoisotopic (exact) mass is 414 g/mol. The Labute approximate surface area is 172 Å². The first-order valence-corrected chi connectivity index (χ1v) is 10.4. The number of nitrogens with one attached hydrogen (secondary N) is 2. The van der Waals surface area contributed by atoms with E-state index >= 15 is 0 Å². The van der Waals surface area contributed by atoms with Crippen molar-refractivity contribution in [2.24, 2.45) is 0 Å². The number of hydrogen-bond donors (Lipinski definition) is 2. The van der Waals surface area contributed by atoms with Crippen LogP contribution in [0, 0.1) is 13.8 Å². The predicted molar refractivity (Wildman–Crippen MR) is 116 cm³/mol. The lowest BCUT2D eigenvalue weighted by molar-refractivity contribution is -0.115. The van der Waals surface area contributed by atoms with E-state index < -0.39 is 0 Å². The maximum Gasteiger partial charge on any atom is 0.237 e. The standard InChI is InChI=1S/C20H22N4O2S2/c1-12-6-5-7-17(13(12)2)22-19-23-24-20(28-19)27-14(3)18(25)21-15-8-10-16(26-4)11-9-15/h5-11,14H,1-4H3,(H,21,25)(H,22,23). The molecule has 1 amide bonds. The predicted octanol–water partition coefficient (Wildman–Crippen LogP) is 5.03. The number of thioether (sulfide) groups is 1. The lowest BCUT2D eigenvalue weighted by Crippen LogP contribution is -2.22. The summed E-state index contributed by atoms with van der Waals surface area (Å²) in [6, 6.07) is 13.3. The number of benzene rings is 2. The van der Waals surface area contributed by atoms with E-state index in [1.165, 1.54) is 34.2 Å². The fourth-order valence-corrected chi connectivity index (χ4v) is 4.34. The number of ether oxygens (including phenoxy) is 1. The molecule has 146 valence electrons. The molecule has 0 radical (unpaired) electrons. The number of aryl methyl sites for hydroxylation is 1. The third-order valence-electron chi connectivity index (χ3n) is 4.26. The lowest BCUT2D eigenvalue weighted by Gasteiger charge is -2.10. The van der Waals surface area contributed by atoms with Crippen LogP contribution < -0.4 is 15.4 Å². The molecule has 1 unspecified atom stereocenters. The summed E-state index contributed by atoms with van der Waals surface area (Å²) >= 11 is 2.82. The number of carbonyl (C=O) groups is 1. The van der Waals surface area contributed by atoms with Gasteiger partial charge in [0.25, 0.3) is 0 Å². The normalized spacial score (nSPS) is 11.7. The van der Waals surface area contributed by atoms with Gasteiger partial charge in [-0.2, -0.15) is 0 Å². The highest BCUT2D eigenvalue weighted by Gasteiger charge is 2.17. The molecule has 0 aliphatic rings. The number of aromatic nitrogens is 2. The van der Waals surface area contributed by atoms with Gasteiger partial charge in [0, 0.05) is 11.4 Å². The Balaban J connectivity index is 1.59. The van der Waals surface area contributed by atoms with E-state index in [9.17, 15) is 4.79 Å². The van der Waals surface area contributed by atoms with Gasteiger partial charge in [-0.15, -0.1) is 10.2 Å². The molecule has 1 atom stereocenters. The lowest BCUT2D eigenvalue weighted by atomic mass is 10.1. The molecule has 8 heteroatoms. The Morgan fingerprint density at radius 3 is 2.61 bits per heavy atom. The summed E-state index contributed by atoms with van der Waals surface area (Å²) in [4.78, 5) is 12.4. The summed E-state index contributed by atoms with van der Waals surface area (Å²) in [5, 5.41) is 15.0. The van der Waals surface area contributed by atoms with E-state index in [1.54, 1.807) is 7.11 Å². The van der Waals surface area contributed by atoms with Gasteiger partial charge in [-0.05, 0) is 62.2 Å². The van der Waals surface area contributed by atoms with Crippen molar-refractivity contribution < 1.29 is 9.53 Å². The van der Waals surface area contributed by atoms with Crippen LogP contribution in [0.5, 0.6) is 5.75 Å². The maximum absolute atomic E-state index is 12.4. The van der Waals surface area contributed by atoms with Gasteiger partial charge in [-0.25, -0.2) is 0 Å². The zero-order valence-corrected chi connectivity index (χ0v) is 17.8. The Hall–Kier alpha value is -2.58. The number of nitrogens with zero attached hydrogens (tertiary/aromatic N) is 2. The van der Waals surface area contributed by atoms with Crippen molar-refractivity contribution in [2.45, 2.75) is 30.4 Å². The maximum atomic E-state index is 12.4. The smallest absolute Gasteiger partial charge is 0.237 e. The molecule has 28 heavy (non-hydrogen) atoms. The number of methoxy groups -OCH3 is 1. The second-order valence-corrected chi connectivity index (χ2v) is 8.79. The van der Waals surface area contributed by atoms with Crippen molar-refractivity contribution in [1.29, 1.82) is 0 Å². The average molecular weight is 415 g/mol. The average Bonchev–Trinajstić information content (AvgIpc) is 3.13. The highest BCUT2D eigenvalue weighted by Crippen LogP contribution is 2.32. The van der Waals surface area contributed by atoms with Crippen LogP contribution >= 0.6 is 23.1 Å². The SMILES string of the molecule is COc1ccc(NC(=O)C(C)Sc2nnc(Nc3cccc(C)c3C)s2)cc1. The van der Waals surface area contributed by atoms with E-state index in [0.29, 0.717) is 5.13 Å². The minimum atomic E-state index is -0.302. The summed E-state index contributed by atoms with van der Waals surface area (Å²) < 4.78 is 5.86. The summed E-state index contributed by atoms with van der Waals surface area (Å²) in [6.45, 7) is 5.99.